The lowest BCUT2D eigenvalue weighted by Crippen LogP contribution is -2.52. The SMILES string of the molecule is C[C@H](C(=O)NC1CCCC1)N(Cc1c(Cl)cccc1Cl)C(=O)CN(c1cccc([N+](=O)[O-])c1)S(C)(=O)=O. The van der Waals surface area contributed by atoms with Crippen LogP contribution >= 0.6 is 23.2 Å². The van der Waals surface area contributed by atoms with Crippen LogP contribution in [0.25, 0.3) is 0 Å². The van der Waals surface area contributed by atoms with E-state index in [2.05, 4.69) is 5.32 Å². The van der Waals surface area contributed by atoms with E-state index >= 15 is 0 Å². The molecule has 0 aromatic heterocycles. The summed E-state index contributed by atoms with van der Waals surface area (Å²) < 4.78 is 26.0. The third-order valence-corrected chi connectivity index (χ3v) is 8.12. The first-order valence-electron chi connectivity index (χ1n) is 11.6. The molecule has 200 valence electrons. The van der Waals surface area contributed by atoms with Gasteiger partial charge in [-0.3, -0.25) is 24.0 Å². The molecule has 0 saturated heterocycles. The zero-order valence-electron chi connectivity index (χ0n) is 20.4. The van der Waals surface area contributed by atoms with Gasteiger partial charge < -0.3 is 10.2 Å². The number of nitrogens with one attached hydrogen (secondary N) is 1. The molecule has 1 aliphatic rings. The maximum absolute atomic E-state index is 13.6. The summed E-state index contributed by atoms with van der Waals surface area (Å²) in [5.41, 5.74) is 0.0207. The van der Waals surface area contributed by atoms with E-state index in [1.807, 2.05) is 0 Å². The van der Waals surface area contributed by atoms with Crippen LogP contribution in [0, 0.1) is 10.1 Å². The highest BCUT2D eigenvalue weighted by Gasteiger charge is 2.32. The number of nitro groups is 1. The number of nitro benzene ring substituents is 1. The summed E-state index contributed by atoms with van der Waals surface area (Å²) >= 11 is 12.7. The molecule has 37 heavy (non-hydrogen) atoms. The van der Waals surface area contributed by atoms with Crippen molar-refractivity contribution in [3.63, 3.8) is 0 Å². The van der Waals surface area contributed by atoms with E-state index < -0.39 is 33.4 Å². The number of hydrogen-bond donors (Lipinski definition) is 1. The van der Waals surface area contributed by atoms with Crippen LogP contribution in [0.4, 0.5) is 11.4 Å². The molecule has 3 rings (SSSR count). The molecule has 2 aromatic rings. The third-order valence-electron chi connectivity index (χ3n) is 6.27. The molecule has 0 aliphatic heterocycles. The molecule has 13 heteroatoms. The van der Waals surface area contributed by atoms with Crippen molar-refractivity contribution in [2.45, 2.75) is 51.2 Å². The topological polar surface area (TPSA) is 130 Å². The highest BCUT2D eigenvalue weighted by atomic mass is 35.5. The van der Waals surface area contributed by atoms with Gasteiger partial charge in [-0.2, -0.15) is 0 Å². The first-order valence-corrected chi connectivity index (χ1v) is 14.2. The Labute approximate surface area is 225 Å². The lowest BCUT2D eigenvalue weighted by molar-refractivity contribution is -0.384. The molecule has 1 N–H and O–H groups in total. The van der Waals surface area contributed by atoms with Gasteiger partial charge >= 0.3 is 0 Å². The number of anilines is 1. The molecule has 2 amide bonds. The monoisotopic (exact) mass is 570 g/mol. The first-order chi connectivity index (χ1) is 17.4. The molecule has 1 fully saturated rings. The molecule has 0 unspecified atom stereocenters. The predicted octanol–water partition coefficient (Wildman–Crippen LogP) is 4.14. The molecule has 0 spiro atoms. The van der Waals surface area contributed by atoms with Gasteiger partial charge in [-0.25, -0.2) is 8.42 Å². The number of sulfonamides is 1. The second-order valence-corrected chi connectivity index (χ2v) is 11.7. The van der Waals surface area contributed by atoms with Crippen LogP contribution in [-0.2, 0) is 26.2 Å². The summed E-state index contributed by atoms with van der Waals surface area (Å²) in [5.74, 6) is -1.09. The largest absolute Gasteiger partial charge is 0.352 e. The molecule has 0 heterocycles. The molecule has 0 radical (unpaired) electrons. The van der Waals surface area contributed by atoms with Gasteiger partial charge in [0.2, 0.25) is 21.8 Å². The number of halogens is 2. The lowest BCUT2D eigenvalue weighted by atomic mass is 10.1. The van der Waals surface area contributed by atoms with Gasteiger partial charge in [0, 0.05) is 40.3 Å². The van der Waals surface area contributed by atoms with Crippen molar-refractivity contribution >= 4 is 56.4 Å². The summed E-state index contributed by atoms with van der Waals surface area (Å²) in [6, 6.07) is 8.83. The van der Waals surface area contributed by atoms with Crippen LogP contribution in [-0.4, -0.2) is 54.9 Å². The lowest BCUT2D eigenvalue weighted by Gasteiger charge is -2.32. The molecular weight excluding hydrogens is 543 g/mol. The number of rotatable bonds is 10. The van der Waals surface area contributed by atoms with Gasteiger partial charge in [0.25, 0.3) is 5.69 Å². The number of benzene rings is 2. The highest BCUT2D eigenvalue weighted by molar-refractivity contribution is 7.92. The summed E-state index contributed by atoms with van der Waals surface area (Å²) in [6.45, 7) is 0.706. The van der Waals surface area contributed by atoms with E-state index in [9.17, 15) is 28.1 Å². The number of carbonyl (C=O) groups excluding carboxylic acids is 2. The number of nitrogens with zero attached hydrogens (tertiary/aromatic N) is 3. The second-order valence-electron chi connectivity index (χ2n) is 8.93. The van der Waals surface area contributed by atoms with Gasteiger partial charge in [0.05, 0.1) is 16.9 Å². The van der Waals surface area contributed by atoms with Crippen molar-refractivity contribution in [3.8, 4) is 0 Å². The Balaban J connectivity index is 1.95. The number of amides is 2. The molecule has 1 saturated carbocycles. The molecule has 1 atom stereocenters. The predicted molar refractivity (Wildman–Crippen MR) is 142 cm³/mol. The van der Waals surface area contributed by atoms with E-state index in [4.69, 9.17) is 23.2 Å². The van der Waals surface area contributed by atoms with E-state index in [-0.39, 0.29) is 39.9 Å². The van der Waals surface area contributed by atoms with Gasteiger partial charge in [0.15, 0.2) is 0 Å². The third kappa shape index (κ3) is 7.33. The standard InChI is InChI=1S/C24H28Cl2N4O6S/c1-16(24(32)27-17-7-3-4-8-17)28(14-20-21(25)11-6-12-22(20)26)23(31)15-29(37(2,35)36)18-9-5-10-19(13-18)30(33)34/h5-6,9-13,16-17H,3-4,7-8,14-15H2,1-2H3,(H,27,32)/t16-/m1/s1. The van der Waals surface area contributed by atoms with Crippen LogP contribution < -0.4 is 9.62 Å². The Kier molecular flexibility index (Phi) is 9.38. The van der Waals surface area contributed by atoms with Crippen LogP contribution in [0.5, 0.6) is 0 Å². The van der Waals surface area contributed by atoms with Crippen LogP contribution in [0.2, 0.25) is 10.0 Å². The summed E-state index contributed by atoms with van der Waals surface area (Å²) in [4.78, 5) is 38.5. The zero-order chi connectivity index (χ0) is 27.3. The number of hydrogen-bond acceptors (Lipinski definition) is 6. The molecule has 0 bridgehead atoms. The molecule has 1 aliphatic carbocycles. The summed E-state index contributed by atoms with van der Waals surface area (Å²) in [6.07, 6.45) is 4.59. The Hall–Kier alpha value is -2.89. The van der Waals surface area contributed by atoms with Crippen molar-refractivity contribution in [3.05, 3.63) is 68.2 Å². The summed E-state index contributed by atoms with van der Waals surface area (Å²) in [7, 11) is -4.03. The zero-order valence-corrected chi connectivity index (χ0v) is 22.7. The fourth-order valence-electron chi connectivity index (χ4n) is 4.20. The fraction of sp³-hybridized carbons (Fsp3) is 0.417. The Morgan fingerprint density at radius 1 is 1.14 bits per heavy atom. The average Bonchev–Trinajstić information content (AvgIpc) is 3.34. The van der Waals surface area contributed by atoms with E-state index in [1.165, 1.54) is 23.1 Å². The van der Waals surface area contributed by atoms with Crippen LogP contribution in [0.15, 0.2) is 42.5 Å². The number of carbonyl (C=O) groups is 2. The van der Waals surface area contributed by atoms with E-state index in [1.54, 1.807) is 25.1 Å². The van der Waals surface area contributed by atoms with Gasteiger partial charge in [0.1, 0.15) is 12.6 Å². The Bertz CT molecular complexity index is 1260. The minimum atomic E-state index is -4.03. The minimum absolute atomic E-state index is 0.00758. The van der Waals surface area contributed by atoms with Gasteiger partial charge in [-0.1, -0.05) is 48.2 Å². The quantitative estimate of drug-likeness (QED) is 0.337. The van der Waals surface area contributed by atoms with Crippen molar-refractivity contribution in [2.75, 3.05) is 17.1 Å². The molecule has 2 aromatic carbocycles. The maximum Gasteiger partial charge on any atom is 0.271 e. The van der Waals surface area contributed by atoms with Crippen molar-refractivity contribution < 1.29 is 22.9 Å². The highest BCUT2D eigenvalue weighted by Crippen LogP contribution is 2.28. The smallest absolute Gasteiger partial charge is 0.271 e. The first kappa shape index (κ1) is 28.7. The Morgan fingerprint density at radius 3 is 2.30 bits per heavy atom. The van der Waals surface area contributed by atoms with Crippen molar-refractivity contribution in [1.29, 1.82) is 0 Å². The normalized spacial score (nSPS) is 14.7. The van der Waals surface area contributed by atoms with Crippen LogP contribution in [0.3, 0.4) is 0 Å². The minimum Gasteiger partial charge on any atom is -0.352 e. The average molecular weight is 571 g/mol. The van der Waals surface area contributed by atoms with E-state index in [0.717, 1.165) is 42.3 Å². The van der Waals surface area contributed by atoms with Gasteiger partial charge in [-0.05, 0) is 38.0 Å². The van der Waals surface area contributed by atoms with Crippen molar-refractivity contribution in [1.82, 2.24) is 10.2 Å². The van der Waals surface area contributed by atoms with E-state index in [0.29, 0.717) is 5.56 Å². The molecule has 10 nitrogen and oxygen atoms in total. The van der Waals surface area contributed by atoms with Gasteiger partial charge in [-0.15, -0.1) is 0 Å². The van der Waals surface area contributed by atoms with Crippen LogP contribution in [0.1, 0.15) is 38.2 Å². The Morgan fingerprint density at radius 2 is 1.73 bits per heavy atom. The second kappa shape index (κ2) is 12.1. The maximum atomic E-state index is 13.6. The fourth-order valence-corrected chi connectivity index (χ4v) is 5.56. The number of non-ortho nitro benzene ring substituents is 1. The molecular formula is C24H28Cl2N4O6S. The summed E-state index contributed by atoms with van der Waals surface area (Å²) in [5, 5.41) is 14.7. The van der Waals surface area contributed by atoms with Crippen molar-refractivity contribution in [2.24, 2.45) is 0 Å².